The first-order valence-electron chi connectivity index (χ1n) is 9.32. The van der Waals surface area contributed by atoms with Crippen LogP contribution in [0.4, 0.5) is 0 Å². The smallest absolute Gasteiger partial charge is 0.0339 e. The molecule has 2 aromatic rings. The fourth-order valence-corrected chi connectivity index (χ4v) is 4.70. The number of hydrogen-bond acceptors (Lipinski definition) is 1. The molecule has 0 aromatic heterocycles. The molecule has 0 saturated heterocycles. The molecule has 1 unspecified atom stereocenters. The quantitative estimate of drug-likeness (QED) is 0.469. The van der Waals surface area contributed by atoms with Gasteiger partial charge in [0.15, 0.2) is 0 Å². The molecule has 128 valence electrons. The zero-order valence-corrected chi connectivity index (χ0v) is 15.8. The molecule has 0 aliphatic heterocycles. The Labute approximate surface area is 151 Å². The number of aliphatic imine (C=N–C) groups is 1. The Balaban J connectivity index is 1.87. The van der Waals surface area contributed by atoms with Gasteiger partial charge < -0.3 is 0 Å². The number of fused-ring (bicyclic) bond motifs is 3. The minimum absolute atomic E-state index is 0.0497. The van der Waals surface area contributed by atoms with Crippen LogP contribution in [0.2, 0.25) is 0 Å². The Bertz CT molecular complexity index is 885. The molecule has 25 heavy (non-hydrogen) atoms. The van der Waals surface area contributed by atoms with Gasteiger partial charge in [-0.3, -0.25) is 4.99 Å². The van der Waals surface area contributed by atoms with E-state index in [0.717, 1.165) is 19.3 Å². The fourth-order valence-electron chi connectivity index (χ4n) is 4.70. The standard InChI is InChI=1S/C24H27N/c1-17-11-13-24(14-12-17,16-25-4)18-9-10-20-19-7-5-6-8-21(19)23(2,3)22(20)15-18/h5-11,15-16H,12-14H2,1-4H3. The van der Waals surface area contributed by atoms with Gasteiger partial charge in [-0.15, -0.1) is 0 Å². The summed E-state index contributed by atoms with van der Waals surface area (Å²) in [6.07, 6.45) is 7.96. The zero-order valence-electron chi connectivity index (χ0n) is 15.8. The molecule has 1 heteroatoms. The highest BCUT2D eigenvalue weighted by Crippen LogP contribution is 2.50. The minimum atomic E-state index is 0.0497. The maximum atomic E-state index is 4.45. The Morgan fingerprint density at radius 3 is 2.48 bits per heavy atom. The number of benzene rings is 2. The summed E-state index contributed by atoms with van der Waals surface area (Å²) in [5.41, 5.74) is 8.74. The van der Waals surface area contributed by atoms with Crippen molar-refractivity contribution in [3.63, 3.8) is 0 Å². The first-order chi connectivity index (χ1) is 12.0. The van der Waals surface area contributed by atoms with E-state index in [1.165, 1.54) is 33.4 Å². The van der Waals surface area contributed by atoms with E-state index in [2.05, 4.69) is 80.5 Å². The van der Waals surface area contributed by atoms with E-state index in [0.29, 0.717) is 0 Å². The normalized spacial score (nSPS) is 24.1. The van der Waals surface area contributed by atoms with Gasteiger partial charge in [0.05, 0.1) is 0 Å². The van der Waals surface area contributed by atoms with Crippen molar-refractivity contribution in [2.24, 2.45) is 4.99 Å². The molecular formula is C24H27N. The summed E-state index contributed by atoms with van der Waals surface area (Å²) in [4.78, 5) is 4.45. The topological polar surface area (TPSA) is 12.4 Å². The second-order valence-corrected chi connectivity index (χ2v) is 8.23. The van der Waals surface area contributed by atoms with Crippen molar-refractivity contribution in [1.29, 1.82) is 0 Å². The van der Waals surface area contributed by atoms with E-state index >= 15 is 0 Å². The molecule has 0 N–H and O–H groups in total. The fraction of sp³-hybridized carbons (Fsp3) is 0.375. The van der Waals surface area contributed by atoms with Crippen molar-refractivity contribution < 1.29 is 0 Å². The van der Waals surface area contributed by atoms with Gasteiger partial charge in [-0.2, -0.15) is 0 Å². The van der Waals surface area contributed by atoms with E-state index in [1.54, 1.807) is 0 Å². The minimum Gasteiger partial charge on any atom is -0.300 e. The molecule has 0 fully saturated rings. The van der Waals surface area contributed by atoms with E-state index < -0.39 is 0 Å². The summed E-state index contributed by atoms with van der Waals surface area (Å²) in [5, 5.41) is 0. The van der Waals surface area contributed by atoms with E-state index in [4.69, 9.17) is 0 Å². The highest BCUT2D eigenvalue weighted by Gasteiger charge is 2.38. The molecule has 0 radical (unpaired) electrons. The monoisotopic (exact) mass is 329 g/mol. The lowest BCUT2D eigenvalue weighted by Crippen LogP contribution is -2.30. The second kappa shape index (κ2) is 5.69. The van der Waals surface area contributed by atoms with Gasteiger partial charge in [-0.1, -0.05) is 68.0 Å². The first-order valence-corrected chi connectivity index (χ1v) is 9.32. The third-order valence-corrected chi connectivity index (χ3v) is 6.31. The molecule has 4 rings (SSSR count). The van der Waals surface area contributed by atoms with Crippen LogP contribution in [-0.2, 0) is 10.8 Å². The molecule has 0 bridgehead atoms. The van der Waals surface area contributed by atoms with E-state index in [9.17, 15) is 0 Å². The Hall–Kier alpha value is -2.15. The van der Waals surface area contributed by atoms with Gasteiger partial charge in [-0.05, 0) is 54.0 Å². The van der Waals surface area contributed by atoms with Crippen LogP contribution in [0.5, 0.6) is 0 Å². The van der Waals surface area contributed by atoms with Crippen molar-refractivity contribution in [3.05, 3.63) is 70.8 Å². The van der Waals surface area contributed by atoms with Crippen LogP contribution in [0.1, 0.15) is 56.7 Å². The SMILES string of the molecule is CN=CC1(c2ccc3c(c2)C(C)(C)c2ccccc2-3)CC=C(C)CC1. The number of hydrogen-bond donors (Lipinski definition) is 0. The average Bonchev–Trinajstić information content (AvgIpc) is 2.85. The summed E-state index contributed by atoms with van der Waals surface area (Å²) in [5.74, 6) is 0. The lowest BCUT2D eigenvalue weighted by atomic mass is 9.70. The highest BCUT2D eigenvalue weighted by atomic mass is 14.7. The van der Waals surface area contributed by atoms with Crippen LogP contribution in [0, 0.1) is 0 Å². The third kappa shape index (κ3) is 2.40. The molecule has 1 nitrogen and oxygen atoms in total. The molecule has 0 spiro atoms. The molecule has 0 amide bonds. The molecule has 2 aliphatic rings. The lowest BCUT2D eigenvalue weighted by Gasteiger charge is -2.34. The summed E-state index contributed by atoms with van der Waals surface area (Å²) >= 11 is 0. The van der Waals surface area contributed by atoms with Crippen molar-refractivity contribution in [1.82, 2.24) is 0 Å². The van der Waals surface area contributed by atoms with Crippen molar-refractivity contribution in [2.45, 2.75) is 50.9 Å². The first kappa shape index (κ1) is 16.3. The predicted molar refractivity (Wildman–Crippen MR) is 108 cm³/mol. The molecule has 2 aliphatic carbocycles. The average molecular weight is 329 g/mol. The molecule has 0 saturated carbocycles. The maximum absolute atomic E-state index is 4.45. The summed E-state index contributed by atoms with van der Waals surface area (Å²) < 4.78 is 0. The summed E-state index contributed by atoms with van der Waals surface area (Å²) in [6, 6.07) is 16.0. The highest BCUT2D eigenvalue weighted by molar-refractivity contribution is 5.82. The van der Waals surface area contributed by atoms with Crippen LogP contribution in [-0.4, -0.2) is 13.3 Å². The van der Waals surface area contributed by atoms with E-state index in [-0.39, 0.29) is 10.8 Å². The summed E-state index contributed by atoms with van der Waals surface area (Å²) in [6.45, 7) is 6.95. The van der Waals surface area contributed by atoms with Crippen molar-refractivity contribution in [3.8, 4) is 11.1 Å². The van der Waals surface area contributed by atoms with Crippen LogP contribution >= 0.6 is 0 Å². The van der Waals surface area contributed by atoms with Gasteiger partial charge in [0.1, 0.15) is 0 Å². The van der Waals surface area contributed by atoms with Gasteiger partial charge in [-0.25, -0.2) is 0 Å². The lowest BCUT2D eigenvalue weighted by molar-refractivity contribution is 0.513. The van der Waals surface area contributed by atoms with Crippen molar-refractivity contribution >= 4 is 6.21 Å². The Kier molecular flexibility index (Phi) is 3.72. The van der Waals surface area contributed by atoms with Crippen LogP contribution < -0.4 is 0 Å². The molecule has 0 heterocycles. The second-order valence-electron chi connectivity index (χ2n) is 8.23. The van der Waals surface area contributed by atoms with Crippen LogP contribution in [0.15, 0.2) is 59.1 Å². The molecule has 2 aromatic carbocycles. The van der Waals surface area contributed by atoms with Crippen LogP contribution in [0.25, 0.3) is 11.1 Å². The number of nitrogens with zero attached hydrogens (tertiary/aromatic N) is 1. The van der Waals surface area contributed by atoms with Gasteiger partial charge >= 0.3 is 0 Å². The number of allylic oxidation sites excluding steroid dienone is 2. The predicted octanol–water partition coefficient (Wildman–Crippen LogP) is 6.06. The van der Waals surface area contributed by atoms with E-state index in [1.807, 2.05) is 7.05 Å². The van der Waals surface area contributed by atoms with Gasteiger partial charge in [0, 0.05) is 24.1 Å². The maximum Gasteiger partial charge on any atom is 0.0339 e. The Morgan fingerprint density at radius 1 is 1.00 bits per heavy atom. The Morgan fingerprint density at radius 2 is 1.76 bits per heavy atom. The number of rotatable bonds is 2. The van der Waals surface area contributed by atoms with Gasteiger partial charge in [0.2, 0.25) is 0 Å². The third-order valence-electron chi connectivity index (χ3n) is 6.31. The molecule has 1 atom stereocenters. The van der Waals surface area contributed by atoms with Gasteiger partial charge in [0.25, 0.3) is 0 Å². The zero-order chi connectivity index (χ0) is 17.7. The van der Waals surface area contributed by atoms with Crippen LogP contribution in [0.3, 0.4) is 0 Å². The summed E-state index contributed by atoms with van der Waals surface area (Å²) in [7, 11) is 1.90. The molecular weight excluding hydrogens is 302 g/mol. The largest absolute Gasteiger partial charge is 0.300 e. The van der Waals surface area contributed by atoms with Crippen molar-refractivity contribution in [2.75, 3.05) is 7.05 Å².